The Morgan fingerprint density at radius 3 is 2.96 bits per heavy atom. The van der Waals surface area contributed by atoms with Crippen LogP contribution in [0.2, 0.25) is 0 Å². The molecule has 3 heterocycles. The summed E-state index contributed by atoms with van der Waals surface area (Å²) in [5.74, 6) is 0.882. The van der Waals surface area contributed by atoms with Crippen LogP contribution in [0.4, 0.5) is 5.69 Å². The number of hydrogen-bond donors (Lipinski definition) is 1. The molecule has 1 N–H and O–H groups in total. The first-order valence-corrected chi connectivity index (χ1v) is 9.12. The lowest BCUT2D eigenvalue weighted by Gasteiger charge is -2.53. The predicted octanol–water partition coefficient (Wildman–Crippen LogP) is 2.81. The second-order valence-electron chi connectivity index (χ2n) is 7.82. The van der Waals surface area contributed by atoms with E-state index in [0.717, 1.165) is 31.6 Å². The minimum absolute atomic E-state index is 0.0431. The Morgan fingerprint density at radius 1 is 1.38 bits per heavy atom. The Kier molecular flexibility index (Phi) is 2.80. The topological polar surface area (TPSA) is 43.8 Å². The number of fused-ring (bicyclic) bond motifs is 2. The second-order valence-corrected chi connectivity index (χ2v) is 7.82. The van der Waals surface area contributed by atoms with Crippen LogP contribution >= 0.6 is 0 Å². The molecule has 2 saturated heterocycles. The van der Waals surface area contributed by atoms with Gasteiger partial charge >= 0.3 is 0 Å². The highest BCUT2D eigenvalue weighted by atomic mass is 16.3. The molecule has 4 unspecified atom stereocenters. The fourth-order valence-electron chi connectivity index (χ4n) is 6.35. The van der Waals surface area contributed by atoms with Gasteiger partial charge in [-0.1, -0.05) is 23.8 Å². The normalized spacial score (nSPS) is 38.3. The monoisotopic (exact) mass is 324 g/mol. The van der Waals surface area contributed by atoms with E-state index in [2.05, 4.69) is 24.0 Å². The van der Waals surface area contributed by atoms with Crippen LogP contribution < -0.4 is 4.90 Å². The number of benzene rings is 1. The number of para-hydroxylation sites is 1. The van der Waals surface area contributed by atoms with E-state index in [0.29, 0.717) is 12.0 Å². The molecule has 4 atom stereocenters. The molecule has 24 heavy (non-hydrogen) atoms. The maximum Gasteiger partial charge on any atom is 0.224 e. The smallest absolute Gasteiger partial charge is 0.224 e. The van der Waals surface area contributed by atoms with E-state index in [4.69, 9.17) is 0 Å². The molecule has 4 heteroatoms. The van der Waals surface area contributed by atoms with Gasteiger partial charge in [-0.3, -0.25) is 9.69 Å². The van der Waals surface area contributed by atoms with Gasteiger partial charge in [-0.05, 0) is 56.8 Å². The second kappa shape index (κ2) is 4.63. The summed E-state index contributed by atoms with van der Waals surface area (Å²) >= 11 is 0. The molecular weight excluding hydrogens is 300 g/mol. The third-order valence-corrected chi connectivity index (χ3v) is 7.06. The summed E-state index contributed by atoms with van der Waals surface area (Å²) in [6, 6.07) is 6.39. The van der Waals surface area contributed by atoms with Crippen LogP contribution in [0.25, 0.3) is 0 Å². The molecule has 1 aromatic rings. The number of carbonyl (C=O) groups is 1. The Hall–Kier alpha value is -1.81. The van der Waals surface area contributed by atoms with Gasteiger partial charge in [0.15, 0.2) is 0 Å². The van der Waals surface area contributed by atoms with Crippen LogP contribution in [-0.2, 0) is 10.2 Å². The van der Waals surface area contributed by atoms with Gasteiger partial charge in [-0.2, -0.15) is 0 Å². The van der Waals surface area contributed by atoms with Crippen LogP contribution in [0.3, 0.4) is 0 Å². The Bertz CT molecular complexity index is 771. The molecule has 126 valence electrons. The number of phenolic OH excluding ortho intramolecular Hbond substituents is 1. The number of phenols is 1. The molecule has 1 amide bonds. The van der Waals surface area contributed by atoms with Crippen molar-refractivity contribution in [2.75, 3.05) is 18.0 Å². The molecule has 0 radical (unpaired) electrons. The van der Waals surface area contributed by atoms with Crippen molar-refractivity contribution in [1.29, 1.82) is 0 Å². The van der Waals surface area contributed by atoms with E-state index in [1.54, 1.807) is 18.6 Å². The molecule has 4 nitrogen and oxygen atoms in total. The highest BCUT2D eigenvalue weighted by Gasteiger charge is 2.66. The fourth-order valence-corrected chi connectivity index (χ4v) is 6.35. The summed E-state index contributed by atoms with van der Waals surface area (Å²) in [6.45, 7) is 6.06. The molecule has 1 aliphatic carbocycles. The third-order valence-electron chi connectivity index (χ3n) is 7.06. The number of carbonyl (C=O) groups excluding carboxylic acids is 1. The first-order chi connectivity index (χ1) is 11.6. The Morgan fingerprint density at radius 2 is 2.21 bits per heavy atom. The van der Waals surface area contributed by atoms with E-state index >= 15 is 0 Å². The summed E-state index contributed by atoms with van der Waals surface area (Å²) in [5.41, 5.74) is 3.49. The summed E-state index contributed by atoms with van der Waals surface area (Å²) in [6.07, 6.45) is 5.62. The molecule has 1 spiro atoms. The summed E-state index contributed by atoms with van der Waals surface area (Å²) < 4.78 is 0. The number of rotatable bonds is 0. The minimum Gasteiger partial charge on any atom is -0.506 e. The van der Waals surface area contributed by atoms with Gasteiger partial charge in [0, 0.05) is 24.4 Å². The lowest BCUT2D eigenvalue weighted by atomic mass is 9.58. The number of allylic oxidation sites excluding steroid dienone is 1. The van der Waals surface area contributed by atoms with Crippen molar-refractivity contribution in [2.45, 2.75) is 50.6 Å². The summed E-state index contributed by atoms with van der Waals surface area (Å²) in [4.78, 5) is 17.1. The van der Waals surface area contributed by atoms with Gasteiger partial charge in [0.25, 0.3) is 0 Å². The van der Waals surface area contributed by atoms with Crippen molar-refractivity contribution in [3.63, 3.8) is 0 Å². The van der Waals surface area contributed by atoms with E-state index in [1.165, 1.54) is 12.0 Å². The van der Waals surface area contributed by atoms with Crippen molar-refractivity contribution in [3.05, 3.63) is 35.4 Å². The van der Waals surface area contributed by atoms with Crippen molar-refractivity contribution >= 4 is 11.6 Å². The van der Waals surface area contributed by atoms with E-state index in [9.17, 15) is 9.90 Å². The quantitative estimate of drug-likeness (QED) is 0.746. The number of piperidine rings is 1. The van der Waals surface area contributed by atoms with Gasteiger partial charge in [-0.25, -0.2) is 0 Å². The highest BCUT2D eigenvalue weighted by Crippen LogP contribution is 2.63. The Balaban J connectivity index is 1.81. The highest BCUT2D eigenvalue weighted by molar-refractivity contribution is 5.98. The molecule has 1 aromatic carbocycles. The molecule has 3 fully saturated rings. The zero-order valence-electron chi connectivity index (χ0n) is 14.3. The molecule has 3 aliphatic heterocycles. The van der Waals surface area contributed by atoms with Crippen LogP contribution in [0.5, 0.6) is 5.75 Å². The van der Waals surface area contributed by atoms with Crippen molar-refractivity contribution < 1.29 is 9.90 Å². The maximum atomic E-state index is 12.5. The average molecular weight is 324 g/mol. The number of anilines is 1. The molecule has 4 aliphatic rings. The minimum atomic E-state index is -0.0431. The van der Waals surface area contributed by atoms with Crippen LogP contribution in [0.1, 0.15) is 38.7 Å². The van der Waals surface area contributed by atoms with Crippen molar-refractivity contribution in [1.82, 2.24) is 4.90 Å². The molecule has 5 rings (SSSR count). The summed E-state index contributed by atoms with van der Waals surface area (Å²) in [5, 5.41) is 10.6. The van der Waals surface area contributed by atoms with Gasteiger partial charge in [0.2, 0.25) is 5.91 Å². The van der Waals surface area contributed by atoms with Gasteiger partial charge in [0.1, 0.15) is 5.75 Å². The van der Waals surface area contributed by atoms with Crippen LogP contribution in [0, 0.1) is 5.92 Å². The molecular formula is C20H24N2O2. The standard InChI is InChI=1S/C20H24N2O2/c1-3-14-13-7-9-21-10-8-20(19(14)21)15-5-4-6-16(24)18(15)22(12(2)23)17(20)11-13/h3-6,13,17,19,24H,7-11H2,1-2H3. The van der Waals surface area contributed by atoms with Crippen LogP contribution in [-0.4, -0.2) is 41.1 Å². The fraction of sp³-hybridized carbons (Fsp3) is 0.550. The van der Waals surface area contributed by atoms with Crippen molar-refractivity contribution in [3.8, 4) is 5.75 Å². The Labute approximate surface area is 142 Å². The van der Waals surface area contributed by atoms with Gasteiger partial charge < -0.3 is 10.0 Å². The largest absolute Gasteiger partial charge is 0.506 e. The van der Waals surface area contributed by atoms with Gasteiger partial charge in [-0.15, -0.1) is 0 Å². The average Bonchev–Trinajstić information content (AvgIpc) is 3.10. The lowest BCUT2D eigenvalue weighted by molar-refractivity contribution is -0.117. The van der Waals surface area contributed by atoms with E-state index in [1.807, 2.05) is 11.0 Å². The number of amides is 1. The lowest BCUT2D eigenvalue weighted by Crippen LogP contribution is -2.61. The summed E-state index contributed by atoms with van der Waals surface area (Å²) in [7, 11) is 0. The molecule has 2 bridgehead atoms. The SMILES string of the molecule is CC=C1C2CCN3CCC4(c5cccc(O)c5N(C(C)=O)C4C2)C13. The zero-order chi connectivity index (χ0) is 16.6. The van der Waals surface area contributed by atoms with E-state index < -0.39 is 0 Å². The first-order valence-electron chi connectivity index (χ1n) is 9.12. The maximum absolute atomic E-state index is 12.5. The van der Waals surface area contributed by atoms with Gasteiger partial charge in [0.05, 0.1) is 5.69 Å². The number of aromatic hydroxyl groups is 1. The number of nitrogens with zero attached hydrogens (tertiary/aromatic N) is 2. The first kappa shape index (κ1) is 14.5. The predicted molar refractivity (Wildman–Crippen MR) is 93.2 cm³/mol. The molecule has 0 aromatic heterocycles. The molecule has 1 saturated carbocycles. The number of hydrogen-bond acceptors (Lipinski definition) is 3. The van der Waals surface area contributed by atoms with Crippen LogP contribution in [0.15, 0.2) is 29.8 Å². The third kappa shape index (κ3) is 1.47. The van der Waals surface area contributed by atoms with E-state index in [-0.39, 0.29) is 23.1 Å². The van der Waals surface area contributed by atoms with Crippen molar-refractivity contribution in [2.24, 2.45) is 5.92 Å². The zero-order valence-corrected chi connectivity index (χ0v) is 14.3.